The molecular formula is C17H24O6. The van der Waals surface area contributed by atoms with Crippen molar-refractivity contribution in [2.75, 3.05) is 20.8 Å². The van der Waals surface area contributed by atoms with Crippen molar-refractivity contribution >= 4 is 11.9 Å². The van der Waals surface area contributed by atoms with E-state index in [1.54, 1.807) is 0 Å². The molecule has 2 N–H and O–H groups in total. The van der Waals surface area contributed by atoms with Gasteiger partial charge in [-0.15, -0.1) is 0 Å². The molecule has 0 aliphatic heterocycles. The van der Waals surface area contributed by atoms with Crippen LogP contribution in [-0.4, -0.2) is 49.1 Å². The molecule has 0 aromatic rings. The summed E-state index contributed by atoms with van der Waals surface area (Å²) in [5, 5.41) is 20.9. The quantitative estimate of drug-likeness (QED) is 0.741. The average Bonchev–Trinajstić information content (AvgIpc) is 3.04. The lowest BCUT2D eigenvalue weighted by Crippen LogP contribution is -2.46. The standard InChI is InChI=1S/C17H24O6/c1-16(8-18)11-7-17(13(19)6-9(11)14(20)22-2)10(15(21)23-3)4-5-12(16)17/h6,10-13,18-19H,4-5,7-8H2,1-3H3/t10-,11-,12-,13+,16+,17+/m1/s1. The lowest BCUT2D eigenvalue weighted by Gasteiger charge is -2.40. The molecule has 1 spiro atoms. The van der Waals surface area contributed by atoms with Gasteiger partial charge in [-0.1, -0.05) is 6.92 Å². The highest BCUT2D eigenvalue weighted by molar-refractivity contribution is 5.90. The molecule has 0 aromatic heterocycles. The van der Waals surface area contributed by atoms with Crippen LogP contribution in [0.2, 0.25) is 0 Å². The van der Waals surface area contributed by atoms with Crippen molar-refractivity contribution in [1.82, 2.24) is 0 Å². The van der Waals surface area contributed by atoms with Crippen LogP contribution in [0.15, 0.2) is 11.6 Å². The summed E-state index contributed by atoms with van der Waals surface area (Å²) in [4.78, 5) is 24.4. The summed E-state index contributed by atoms with van der Waals surface area (Å²) in [7, 11) is 2.66. The minimum absolute atomic E-state index is 0.0393. The van der Waals surface area contributed by atoms with Crippen LogP contribution in [0.25, 0.3) is 0 Å². The van der Waals surface area contributed by atoms with Gasteiger partial charge >= 0.3 is 11.9 Å². The Hall–Kier alpha value is -1.40. The van der Waals surface area contributed by atoms with Gasteiger partial charge in [0.2, 0.25) is 0 Å². The first-order chi connectivity index (χ1) is 10.9. The van der Waals surface area contributed by atoms with E-state index in [0.29, 0.717) is 18.4 Å². The molecule has 23 heavy (non-hydrogen) atoms. The van der Waals surface area contributed by atoms with Crippen molar-refractivity contribution < 1.29 is 29.3 Å². The summed E-state index contributed by atoms with van der Waals surface area (Å²) in [5.74, 6) is -1.46. The van der Waals surface area contributed by atoms with Crippen LogP contribution in [0.3, 0.4) is 0 Å². The van der Waals surface area contributed by atoms with E-state index < -0.39 is 28.8 Å². The van der Waals surface area contributed by atoms with E-state index in [0.717, 1.165) is 6.42 Å². The molecule has 6 atom stereocenters. The lowest BCUT2D eigenvalue weighted by atomic mass is 9.65. The van der Waals surface area contributed by atoms with E-state index in [1.165, 1.54) is 20.3 Å². The molecule has 6 heteroatoms. The highest BCUT2D eigenvalue weighted by Crippen LogP contribution is 2.71. The van der Waals surface area contributed by atoms with Gasteiger partial charge in [0.15, 0.2) is 0 Å². The maximum Gasteiger partial charge on any atom is 0.333 e. The molecule has 3 aliphatic rings. The summed E-state index contributed by atoms with van der Waals surface area (Å²) in [6.45, 7) is 1.84. The molecule has 0 radical (unpaired) electrons. The number of carbonyl (C=O) groups is 2. The average molecular weight is 324 g/mol. The van der Waals surface area contributed by atoms with Crippen molar-refractivity contribution in [3.05, 3.63) is 11.6 Å². The number of aliphatic hydroxyl groups is 2. The van der Waals surface area contributed by atoms with Crippen molar-refractivity contribution in [3.63, 3.8) is 0 Å². The SMILES string of the molecule is COC(=O)C1=C[C@H](O)[C@]23C[C@H]1[C@](C)(CO)[C@H]2CC[C@@H]3C(=O)OC. The number of hydrogen-bond acceptors (Lipinski definition) is 6. The molecule has 2 saturated carbocycles. The van der Waals surface area contributed by atoms with Crippen LogP contribution >= 0.6 is 0 Å². The fraction of sp³-hybridized carbons (Fsp3) is 0.765. The van der Waals surface area contributed by atoms with E-state index in [2.05, 4.69) is 0 Å². The summed E-state index contributed by atoms with van der Waals surface area (Å²) >= 11 is 0. The highest BCUT2D eigenvalue weighted by Gasteiger charge is 2.71. The van der Waals surface area contributed by atoms with Gasteiger partial charge in [-0.3, -0.25) is 4.79 Å². The van der Waals surface area contributed by atoms with E-state index in [-0.39, 0.29) is 24.4 Å². The molecule has 3 rings (SSSR count). The third-order valence-corrected chi connectivity index (χ3v) is 6.70. The van der Waals surface area contributed by atoms with Crippen LogP contribution in [0.4, 0.5) is 0 Å². The summed E-state index contributed by atoms with van der Waals surface area (Å²) in [6.07, 6.45) is 2.48. The van der Waals surface area contributed by atoms with Gasteiger partial charge in [-0.25, -0.2) is 4.79 Å². The van der Waals surface area contributed by atoms with E-state index >= 15 is 0 Å². The third kappa shape index (κ3) is 1.88. The highest BCUT2D eigenvalue weighted by atomic mass is 16.5. The largest absolute Gasteiger partial charge is 0.469 e. The van der Waals surface area contributed by atoms with E-state index in [9.17, 15) is 19.8 Å². The Kier molecular flexibility index (Phi) is 3.80. The van der Waals surface area contributed by atoms with Crippen LogP contribution in [0.1, 0.15) is 26.2 Å². The Bertz CT molecular complexity index is 569. The van der Waals surface area contributed by atoms with Crippen molar-refractivity contribution in [2.45, 2.75) is 32.3 Å². The molecule has 128 valence electrons. The Labute approximate surface area is 135 Å². The molecule has 2 fully saturated rings. The zero-order valence-electron chi connectivity index (χ0n) is 13.7. The molecule has 0 saturated heterocycles. The number of methoxy groups -OCH3 is 2. The number of rotatable bonds is 3. The lowest BCUT2D eigenvalue weighted by molar-refractivity contribution is -0.153. The summed E-state index contributed by atoms with van der Waals surface area (Å²) in [6, 6.07) is 0. The molecule has 0 aromatic carbocycles. The van der Waals surface area contributed by atoms with Crippen molar-refractivity contribution in [3.8, 4) is 0 Å². The number of ether oxygens (including phenoxy) is 2. The molecule has 6 nitrogen and oxygen atoms in total. The fourth-order valence-corrected chi connectivity index (χ4v) is 5.64. The topological polar surface area (TPSA) is 93.1 Å². The van der Waals surface area contributed by atoms with Gasteiger partial charge in [0.25, 0.3) is 0 Å². The number of hydrogen-bond donors (Lipinski definition) is 2. The molecule has 2 bridgehead atoms. The zero-order valence-corrected chi connectivity index (χ0v) is 13.7. The van der Waals surface area contributed by atoms with E-state index in [4.69, 9.17) is 9.47 Å². The Balaban J connectivity index is 2.13. The summed E-state index contributed by atoms with van der Waals surface area (Å²) < 4.78 is 9.80. The number of aliphatic hydroxyl groups excluding tert-OH is 2. The first-order valence-electron chi connectivity index (χ1n) is 8.03. The Morgan fingerprint density at radius 2 is 2.00 bits per heavy atom. The summed E-state index contributed by atoms with van der Waals surface area (Å²) in [5.41, 5.74) is -0.798. The van der Waals surface area contributed by atoms with Crippen LogP contribution in [0.5, 0.6) is 0 Å². The van der Waals surface area contributed by atoms with Gasteiger partial charge in [0, 0.05) is 23.0 Å². The maximum atomic E-state index is 12.3. The number of esters is 2. The normalized spacial score (nSPS) is 44.5. The zero-order chi connectivity index (χ0) is 17.0. The van der Waals surface area contributed by atoms with Gasteiger partial charge in [-0.05, 0) is 37.2 Å². The number of fused-ring (bicyclic) bond motifs is 1. The van der Waals surface area contributed by atoms with Gasteiger partial charge in [0.1, 0.15) is 0 Å². The molecular weight excluding hydrogens is 300 g/mol. The molecule has 0 unspecified atom stereocenters. The Morgan fingerprint density at radius 3 is 2.57 bits per heavy atom. The number of carbonyl (C=O) groups excluding carboxylic acids is 2. The van der Waals surface area contributed by atoms with Crippen molar-refractivity contribution in [2.24, 2.45) is 28.6 Å². The fourth-order valence-electron chi connectivity index (χ4n) is 5.64. The van der Waals surface area contributed by atoms with Gasteiger partial charge in [-0.2, -0.15) is 0 Å². The van der Waals surface area contributed by atoms with Crippen LogP contribution in [-0.2, 0) is 19.1 Å². The van der Waals surface area contributed by atoms with Crippen molar-refractivity contribution in [1.29, 1.82) is 0 Å². The van der Waals surface area contributed by atoms with Crippen LogP contribution < -0.4 is 0 Å². The second-order valence-corrected chi connectivity index (χ2v) is 7.30. The minimum atomic E-state index is -0.919. The Morgan fingerprint density at radius 1 is 1.30 bits per heavy atom. The van der Waals surface area contributed by atoms with Gasteiger partial charge in [0.05, 0.1) is 26.2 Å². The second kappa shape index (κ2) is 5.31. The molecule has 0 amide bonds. The van der Waals surface area contributed by atoms with E-state index in [1.807, 2.05) is 6.92 Å². The third-order valence-electron chi connectivity index (χ3n) is 6.70. The monoisotopic (exact) mass is 324 g/mol. The van der Waals surface area contributed by atoms with Crippen LogP contribution in [0, 0.1) is 28.6 Å². The van der Waals surface area contributed by atoms with Gasteiger partial charge < -0.3 is 19.7 Å². The first kappa shape index (κ1) is 16.5. The predicted molar refractivity (Wildman–Crippen MR) is 80.1 cm³/mol. The minimum Gasteiger partial charge on any atom is -0.469 e. The first-order valence-corrected chi connectivity index (χ1v) is 8.03. The smallest absolute Gasteiger partial charge is 0.333 e. The molecule has 3 aliphatic carbocycles. The predicted octanol–water partition coefficient (Wildman–Crippen LogP) is 0.664. The molecule has 0 heterocycles. The second-order valence-electron chi connectivity index (χ2n) is 7.30. The maximum absolute atomic E-state index is 12.3.